The zero-order chi connectivity index (χ0) is 20.8. The van der Waals surface area contributed by atoms with Crippen molar-refractivity contribution in [1.82, 2.24) is 4.90 Å². The summed E-state index contributed by atoms with van der Waals surface area (Å²) in [6.45, 7) is 2.63. The third-order valence-electron chi connectivity index (χ3n) is 5.23. The first kappa shape index (κ1) is 19.6. The maximum Gasteiger partial charge on any atom is 0.253 e. The molecule has 4 rings (SSSR count). The van der Waals surface area contributed by atoms with Crippen LogP contribution in [0.4, 0.5) is 5.69 Å². The Morgan fingerprint density at radius 2 is 1.93 bits per heavy atom. The van der Waals surface area contributed by atoms with E-state index < -0.39 is 10.0 Å². The molecule has 0 saturated heterocycles. The molecule has 0 aliphatic carbocycles. The van der Waals surface area contributed by atoms with E-state index in [9.17, 15) is 13.2 Å². The number of amides is 1. The second-order valence-electron chi connectivity index (χ2n) is 7.64. The lowest BCUT2D eigenvalue weighted by molar-refractivity contribution is 0.0521. The molecule has 2 aromatic rings. The molecule has 0 saturated carbocycles. The molecule has 0 N–H and O–H groups in total. The van der Waals surface area contributed by atoms with Crippen LogP contribution in [0, 0.1) is 0 Å². The summed E-state index contributed by atoms with van der Waals surface area (Å²) in [5, 5.41) is 0. The number of likely N-dealkylation sites (N-methyl/N-ethyl adjacent to an activating group) is 1. The van der Waals surface area contributed by atoms with Crippen molar-refractivity contribution in [2.24, 2.45) is 0 Å². The van der Waals surface area contributed by atoms with Gasteiger partial charge in [0.2, 0.25) is 10.0 Å². The summed E-state index contributed by atoms with van der Waals surface area (Å²) in [4.78, 5) is 14.5. The molecule has 7 nitrogen and oxygen atoms in total. The van der Waals surface area contributed by atoms with Gasteiger partial charge < -0.3 is 14.4 Å². The summed E-state index contributed by atoms with van der Waals surface area (Å²) in [7, 11) is -1.62. The average molecular weight is 416 g/mol. The minimum Gasteiger partial charge on any atom is -0.486 e. The molecule has 0 spiro atoms. The summed E-state index contributed by atoms with van der Waals surface area (Å²) in [5.41, 5.74) is 2.05. The van der Waals surface area contributed by atoms with Crippen molar-refractivity contribution in [3.63, 3.8) is 0 Å². The van der Waals surface area contributed by atoms with Gasteiger partial charge in [0.05, 0.1) is 18.5 Å². The van der Waals surface area contributed by atoms with Gasteiger partial charge in [0.15, 0.2) is 17.6 Å². The largest absolute Gasteiger partial charge is 0.486 e. The van der Waals surface area contributed by atoms with Crippen molar-refractivity contribution in [2.75, 3.05) is 30.8 Å². The number of fused-ring (bicyclic) bond motifs is 2. The highest BCUT2D eigenvalue weighted by atomic mass is 32.2. The second kappa shape index (κ2) is 7.26. The lowest BCUT2D eigenvalue weighted by Gasteiger charge is -2.29. The van der Waals surface area contributed by atoms with Gasteiger partial charge in [0, 0.05) is 18.7 Å². The molecule has 2 aliphatic heterocycles. The highest BCUT2D eigenvalue weighted by Gasteiger charge is 2.33. The predicted molar refractivity (Wildman–Crippen MR) is 110 cm³/mol. The van der Waals surface area contributed by atoms with Crippen LogP contribution in [0.2, 0.25) is 0 Å². The van der Waals surface area contributed by atoms with Crippen LogP contribution in [0.15, 0.2) is 42.5 Å². The summed E-state index contributed by atoms with van der Waals surface area (Å²) in [6, 6.07) is 12.5. The topological polar surface area (TPSA) is 76.2 Å². The molecule has 1 amide bonds. The summed E-state index contributed by atoms with van der Waals surface area (Å²) >= 11 is 0. The van der Waals surface area contributed by atoms with E-state index in [1.165, 1.54) is 10.6 Å². The van der Waals surface area contributed by atoms with E-state index >= 15 is 0 Å². The number of hydrogen-bond acceptors (Lipinski definition) is 5. The standard InChI is InChI=1S/C21H24N2O5S/c1-14-10-16-11-15(8-9-18(16)23(14)29(3,25)26)21(24)22(2)12-17-13-27-19-6-4-5-7-20(19)28-17/h4-9,11,14,17H,10,12-13H2,1-3H3/t14-,17+/m1/s1. The third-order valence-corrected chi connectivity index (χ3v) is 6.50. The van der Waals surface area contributed by atoms with Gasteiger partial charge in [-0.25, -0.2) is 8.42 Å². The van der Waals surface area contributed by atoms with E-state index in [0.717, 1.165) is 5.56 Å². The summed E-state index contributed by atoms with van der Waals surface area (Å²) in [6.07, 6.45) is 1.54. The van der Waals surface area contributed by atoms with Gasteiger partial charge in [0.1, 0.15) is 6.61 Å². The molecule has 0 aromatic heterocycles. The van der Waals surface area contributed by atoms with Crippen LogP contribution in [0.3, 0.4) is 0 Å². The predicted octanol–water partition coefficient (Wildman–Crippen LogP) is 2.31. The minimum atomic E-state index is -3.35. The molecule has 0 radical (unpaired) electrons. The van der Waals surface area contributed by atoms with Gasteiger partial charge in [-0.3, -0.25) is 9.10 Å². The van der Waals surface area contributed by atoms with Crippen LogP contribution >= 0.6 is 0 Å². The lowest BCUT2D eigenvalue weighted by atomic mass is 10.1. The number of nitrogens with zero attached hydrogens (tertiary/aromatic N) is 2. The molecule has 2 heterocycles. The maximum atomic E-state index is 12.9. The highest BCUT2D eigenvalue weighted by Crippen LogP contribution is 2.35. The van der Waals surface area contributed by atoms with Crippen LogP contribution in [-0.2, 0) is 16.4 Å². The second-order valence-corrected chi connectivity index (χ2v) is 9.50. The Labute approximate surface area is 170 Å². The van der Waals surface area contributed by atoms with Crippen LogP contribution < -0.4 is 13.8 Å². The number of ether oxygens (including phenoxy) is 2. The smallest absolute Gasteiger partial charge is 0.253 e. The van der Waals surface area contributed by atoms with E-state index in [4.69, 9.17) is 9.47 Å². The molecule has 0 unspecified atom stereocenters. The Hall–Kier alpha value is -2.74. The lowest BCUT2D eigenvalue weighted by Crippen LogP contribution is -2.41. The molecule has 2 atom stereocenters. The van der Waals surface area contributed by atoms with E-state index in [0.29, 0.717) is 42.3 Å². The van der Waals surface area contributed by atoms with E-state index in [-0.39, 0.29) is 18.1 Å². The molecule has 154 valence electrons. The van der Waals surface area contributed by atoms with E-state index in [1.54, 1.807) is 30.1 Å². The van der Waals surface area contributed by atoms with Crippen LogP contribution in [0.5, 0.6) is 11.5 Å². The van der Waals surface area contributed by atoms with E-state index in [2.05, 4.69) is 0 Å². The van der Waals surface area contributed by atoms with Gasteiger partial charge >= 0.3 is 0 Å². The number of anilines is 1. The van der Waals surface area contributed by atoms with Crippen LogP contribution in [0.25, 0.3) is 0 Å². The van der Waals surface area contributed by atoms with Crippen molar-refractivity contribution in [2.45, 2.75) is 25.5 Å². The van der Waals surface area contributed by atoms with Gasteiger partial charge in [-0.05, 0) is 49.2 Å². The average Bonchev–Trinajstić information content (AvgIpc) is 3.02. The minimum absolute atomic E-state index is 0.138. The number of para-hydroxylation sites is 2. The quantitative estimate of drug-likeness (QED) is 0.765. The van der Waals surface area contributed by atoms with Crippen LogP contribution in [-0.4, -0.2) is 57.8 Å². The number of benzene rings is 2. The maximum absolute atomic E-state index is 12.9. The van der Waals surface area contributed by atoms with Crippen molar-refractivity contribution in [1.29, 1.82) is 0 Å². The monoisotopic (exact) mass is 416 g/mol. The van der Waals surface area contributed by atoms with Gasteiger partial charge in [-0.2, -0.15) is 0 Å². The molecule has 2 aliphatic rings. The first-order valence-corrected chi connectivity index (χ1v) is 11.3. The zero-order valence-corrected chi connectivity index (χ0v) is 17.5. The Bertz CT molecular complexity index is 1050. The Morgan fingerprint density at radius 3 is 2.66 bits per heavy atom. The molecular weight excluding hydrogens is 392 g/mol. The van der Waals surface area contributed by atoms with E-state index in [1.807, 2.05) is 31.2 Å². The van der Waals surface area contributed by atoms with Gasteiger partial charge in [0.25, 0.3) is 5.91 Å². The number of rotatable bonds is 4. The van der Waals surface area contributed by atoms with Crippen LogP contribution in [0.1, 0.15) is 22.8 Å². The normalized spacial score (nSPS) is 20.3. The zero-order valence-electron chi connectivity index (χ0n) is 16.7. The summed E-state index contributed by atoms with van der Waals surface area (Å²) < 4.78 is 37.2. The van der Waals surface area contributed by atoms with Gasteiger partial charge in [-0.15, -0.1) is 0 Å². The molecule has 0 bridgehead atoms. The SMILES string of the molecule is C[C@@H]1Cc2cc(C(=O)N(C)C[C@H]3COc4ccccc4O3)ccc2N1S(C)(=O)=O. The molecule has 2 aromatic carbocycles. The Balaban J connectivity index is 1.47. The number of hydrogen-bond donors (Lipinski definition) is 0. The number of carbonyl (C=O) groups excluding carboxylic acids is 1. The van der Waals surface area contributed by atoms with Crippen molar-refractivity contribution >= 4 is 21.6 Å². The molecule has 29 heavy (non-hydrogen) atoms. The van der Waals surface area contributed by atoms with Crippen molar-refractivity contribution < 1.29 is 22.7 Å². The molecule has 0 fully saturated rings. The highest BCUT2D eigenvalue weighted by molar-refractivity contribution is 7.92. The number of sulfonamides is 1. The van der Waals surface area contributed by atoms with Crippen molar-refractivity contribution in [3.8, 4) is 11.5 Å². The van der Waals surface area contributed by atoms with Crippen molar-refractivity contribution in [3.05, 3.63) is 53.6 Å². The first-order valence-electron chi connectivity index (χ1n) is 9.50. The fourth-order valence-corrected chi connectivity index (χ4v) is 5.27. The fraction of sp³-hybridized carbons (Fsp3) is 0.381. The molecular formula is C21H24N2O5S. The Morgan fingerprint density at radius 1 is 1.21 bits per heavy atom. The van der Waals surface area contributed by atoms with Gasteiger partial charge in [-0.1, -0.05) is 12.1 Å². The molecule has 8 heteroatoms. The Kier molecular flexibility index (Phi) is 4.90. The number of carbonyl (C=O) groups is 1. The third kappa shape index (κ3) is 3.76. The summed E-state index contributed by atoms with van der Waals surface area (Å²) in [5.74, 6) is 1.25. The first-order chi connectivity index (χ1) is 13.7. The fourth-order valence-electron chi connectivity index (χ4n) is 4.00.